The van der Waals surface area contributed by atoms with E-state index in [9.17, 15) is 19.5 Å². The first kappa shape index (κ1) is 30.2. The maximum atomic E-state index is 13.8. The van der Waals surface area contributed by atoms with E-state index in [1.54, 1.807) is 41.5 Å². The molecule has 0 saturated carbocycles. The zero-order valence-electron chi connectivity index (χ0n) is 22.1. The summed E-state index contributed by atoms with van der Waals surface area (Å²) in [6.45, 7) is 2.83. The van der Waals surface area contributed by atoms with Crippen LogP contribution in [0.1, 0.15) is 42.2 Å². The van der Waals surface area contributed by atoms with Gasteiger partial charge in [0.15, 0.2) is 0 Å². The minimum absolute atomic E-state index is 0.0669. The van der Waals surface area contributed by atoms with Gasteiger partial charge in [0.2, 0.25) is 5.91 Å². The van der Waals surface area contributed by atoms with Crippen LogP contribution in [-0.4, -0.2) is 47.1 Å². The highest BCUT2D eigenvalue weighted by Crippen LogP contribution is 2.26. The molecule has 3 rings (SSSR count). The lowest BCUT2D eigenvalue weighted by atomic mass is 10.1. The van der Waals surface area contributed by atoms with Gasteiger partial charge in [-0.3, -0.25) is 4.79 Å². The summed E-state index contributed by atoms with van der Waals surface area (Å²) in [7, 11) is 1.55. The molecule has 3 N–H and O–H groups in total. The van der Waals surface area contributed by atoms with Gasteiger partial charge < -0.3 is 25.4 Å². The fourth-order valence-corrected chi connectivity index (χ4v) is 5.43. The number of rotatable bonds is 14. The van der Waals surface area contributed by atoms with Gasteiger partial charge in [0, 0.05) is 17.8 Å². The number of methoxy groups -OCH3 is 1. The van der Waals surface area contributed by atoms with Crippen LogP contribution in [0.15, 0.2) is 70.5 Å². The van der Waals surface area contributed by atoms with E-state index in [0.29, 0.717) is 35.3 Å². The number of amides is 3. The van der Waals surface area contributed by atoms with Crippen molar-refractivity contribution < 1.29 is 24.2 Å². The van der Waals surface area contributed by atoms with Crippen LogP contribution in [0.5, 0.6) is 5.75 Å². The number of aliphatic carboxylic acids is 1. The standard InChI is InChI=1S/C29H34BrN3O5S/c1-3-4-12-24(27(34)33(19-22-11-8-15-39-22)18-20-9-6-5-7-10-20)31-29(37)32-25(28(35)36)17-21-13-14-26(38-2)23(30)16-21/h5-11,13-16,24-25H,3-4,12,17-19H2,1-2H3,(H,35,36)(H2,31,32,37). The SMILES string of the molecule is CCCCC(NC(=O)NC(Cc1ccc(OC)c(Br)c1)C(=O)O)C(=O)N(Cc1ccccc1)Cc1cccs1. The highest BCUT2D eigenvalue weighted by Gasteiger charge is 2.28. The summed E-state index contributed by atoms with van der Waals surface area (Å²) in [6.07, 6.45) is 2.09. The van der Waals surface area contributed by atoms with Crippen LogP contribution in [0.3, 0.4) is 0 Å². The molecule has 0 radical (unpaired) electrons. The average molecular weight is 617 g/mol. The minimum Gasteiger partial charge on any atom is -0.496 e. The number of carboxylic acid groups (broad SMARTS) is 1. The number of carbonyl (C=O) groups is 3. The number of nitrogens with one attached hydrogen (secondary N) is 2. The predicted octanol–water partition coefficient (Wildman–Crippen LogP) is 5.60. The number of hydrogen-bond acceptors (Lipinski definition) is 5. The number of carboxylic acids is 1. The van der Waals surface area contributed by atoms with Gasteiger partial charge in [-0.25, -0.2) is 9.59 Å². The van der Waals surface area contributed by atoms with Crippen molar-refractivity contribution in [2.24, 2.45) is 0 Å². The maximum Gasteiger partial charge on any atom is 0.326 e. The van der Waals surface area contributed by atoms with Crippen molar-refractivity contribution in [1.82, 2.24) is 15.5 Å². The van der Waals surface area contributed by atoms with Crippen molar-refractivity contribution in [2.45, 2.75) is 57.8 Å². The number of benzene rings is 2. The summed E-state index contributed by atoms with van der Waals surface area (Å²) in [5, 5.41) is 17.1. The molecule has 39 heavy (non-hydrogen) atoms. The first-order chi connectivity index (χ1) is 18.8. The molecule has 2 unspecified atom stereocenters. The van der Waals surface area contributed by atoms with Crippen molar-refractivity contribution in [1.29, 1.82) is 0 Å². The second kappa shape index (κ2) is 15.3. The Hall–Kier alpha value is -3.37. The topological polar surface area (TPSA) is 108 Å². The zero-order valence-corrected chi connectivity index (χ0v) is 24.5. The van der Waals surface area contributed by atoms with E-state index in [4.69, 9.17) is 4.74 Å². The van der Waals surface area contributed by atoms with Crippen molar-refractivity contribution in [3.8, 4) is 5.75 Å². The van der Waals surface area contributed by atoms with Crippen molar-refractivity contribution in [2.75, 3.05) is 7.11 Å². The quantitative estimate of drug-likeness (QED) is 0.219. The monoisotopic (exact) mass is 615 g/mol. The molecular weight excluding hydrogens is 582 g/mol. The number of hydrogen-bond donors (Lipinski definition) is 3. The van der Waals surface area contributed by atoms with Gasteiger partial charge in [0.1, 0.15) is 17.8 Å². The molecule has 3 amide bonds. The largest absolute Gasteiger partial charge is 0.496 e. The molecule has 3 aromatic rings. The lowest BCUT2D eigenvalue weighted by Gasteiger charge is -2.28. The number of nitrogens with zero attached hydrogens (tertiary/aromatic N) is 1. The predicted molar refractivity (Wildman–Crippen MR) is 156 cm³/mol. The Balaban J connectivity index is 1.74. The van der Waals surface area contributed by atoms with E-state index in [-0.39, 0.29) is 12.3 Å². The van der Waals surface area contributed by atoms with Crippen molar-refractivity contribution >= 4 is 45.2 Å². The summed E-state index contributed by atoms with van der Waals surface area (Å²) < 4.78 is 5.91. The molecule has 0 saturated heterocycles. The lowest BCUT2D eigenvalue weighted by molar-refractivity contribution is -0.139. The molecular formula is C29H34BrN3O5S. The van der Waals surface area contributed by atoms with Crippen LogP contribution in [-0.2, 0) is 29.1 Å². The number of urea groups is 1. The maximum absolute atomic E-state index is 13.8. The lowest BCUT2D eigenvalue weighted by Crippen LogP contribution is -2.54. The first-order valence-corrected chi connectivity index (χ1v) is 14.4. The van der Waals surface area contributed by atoms with Crippen molar-refractivity contribution in [3.63, 3.8) is 0 Å². The molecule has 2 aromatic carbocycles. The van der Waals surface area contributed by atoms with Crippen LogP contribution in [0.25, 0.3) is 0 Å². The summed E-state index contributed by atoms with van der Waals surface area (Å²) >= 11 is 4.97. The first-order valence-electron chi connectivity index (χ1n) is 12.8. The van der Waals surface area contributed by atoms with E-state index >= 15 is 0 Å². The fraction of sp³-hybridized carbons (Fsp3) is 0.345. The molecule has 0 aliphatic rings. The minimum atomic E-state index is -1.18. The van der Waals surface area contributed by atoms with E-state index in [1.165, 1.54) is 0 Å². The third kappa shape index (κ3) is 9.40. The van der Waals surface area contributed by atoms with Gasteiger partial charge in [0.05, 0.1) is 18.1 Å². The molecule has 0 spiro atoms. The summed E-state index contributed by atoms with van der Waals surface area (Å²) in [5.74, 6) is -0.755. The molecule has 0 bridgehead atoms. The highest BCUT2D eigenvalue weighted by molar-refractivity contribution is 9.10. The van der Waals surface area contributed by atoms with E-state index in [1.807, 2.05) is 54.8 Å². The molecule has 0 aliphatic heterocycles. The van der Waals surface area contributed by atoms with Gasteiger partial charge in [-0.2, -0.15) is 0 Å². The molecule has 10 heteroatoms. The summed E-state index contributed by atoms with van der Waals surface area (Å²) in [5.41, 5.74) is 1.69. The van der Waals surface area contributed by atoms with Gasteiger partial charge >= 0.3 is 12.0 Å². The molecule has 1 aromatic heterocycles. The molecule has 1 heterocycles. The average Bonchev–Trinajstić information content (AvgIpc) is 3.44. The molecule has 2 atom stereocenters. The van der Waals surface area contributed by atoms with Crippen LogP contribution >= 0.6 is 27.3 Å². The molecule has 0 fully saturated rings. The second-order valence-electron chi connectivity index (χ2n) is 9.14. The number of unbranched alkanes of at least 4 members (excludes halogenated alkanes) is 1. The van der Waals surface area contributed by atoms with E-state index < -0.39 is 24.1 Å². The normalized spacial score (nSPS) is 12.3. The number of halogens is 1. The fourth-order valence-electron chi connectivity index (χ4n) is 4.12. The summed E-state index contributed by atoms with van der Waals surface area (Å²) in [4.78, 5) is 41.5. The Bertz CT molecular complexity index is 1220. The van der Waals surface area contributed by atoms with Gasteiger partial charge in [-0.15, -0.1) is 11.3 Å². The van der Waals surface area contributed by atoms with E-state index in [0.717, 1.165) is 23.3 Å². The number of ether oxygens (including phenoxy) is 1. The second-order valence-corrected chi connectivity index (χ2v) is 11.0. The van der Waals surface area contributed by atoms with Crippen LogP contribution in [0, 0.1) is 0 Å². The number of carbonyl (C=O) groups excluding carboxylic acids is 2. The Labute approximate surface area is 241 Å². The third-order valence-corrected chi connectivity index (χ3v) is 7.64. The van der Waals surface area contributed by atoms with Crippen LogP contribution in [0.2, 0.25) is 0 Å². The van der Waals surface area contributed by atoms with Crippen molar-refractivity contribution in [3.05, 3.63) is 86.5 Å². The highest BCUT2D eigenvalue weighted by atomic mass is 79.9. The van der Waals surface area contributed by atoms with Crippen LogP contribution < -0.4 is 15.4 Å². The Morgan fingerprint density at radius 2 is 1.74 bits per heavy atom. The van der Waals surface area contributed by atoms with E-state index in [2.05, 4.69) is 26.6 Å². The summed E-state index contributed by atoms with van der Waals surface area (Å²) in [6, 6.07) is 16.2. The Kier molecular flexibility index (Phi) is 11.8. The third-order valence-electron chi connectivity index (χ3n) is 6.16. The Morgan fingerprint density at radius 3 is 2.36 bits per heavy atom. The zero-order chi connectivity index (χ0) is 28.2. The van der Waals surface area contributed by atoms with Gasteiger partial charge in [-0.05, 0) is 57.1 Å². The van der Waals surface area contributed by atoms with Gasteiger partial charge in [-0.1, -0.05) is 62.2 Å². The Morgan fingerprint density at radius 1 is 1.00 bits per heavy atom. The van der Waals surface area contributed by atoms with Gasteiger partial charge in [0.25, 0.3) is 0 Å². The molecule has 0 aliphatic carbocycles. The molecule has 8 nitrogen and oxygen atoms in total. The number of thiophene rings is 1. The smallest absolute Gasteiger partial charge is 0.326 e. The molecule has 208 valence electrons. The van der Waals surface area contributed by atoms with Crippen LogP contribution in [0.4, 0.5) is 4.79 Å².